The Morgan fingerprint density at radius 3 is 2.67 bits per heavy atom. The van der Waals surface area contributed by atoms with Crippen molar-refractivity contribution in [3.05, 3.63) is 29.6 Å². The summed E-state index contributed by atoms with van der Waals surface area (Å²) in [6.45, 7) is 0.197. The van der Waals surface area contributed by atoms with Gasteiger partial charge in [0.15, 0.2) is 0 Å². The highest BCUT2D eigenvalue weighted by atomic mass is 32.1. The molecule has 6 heteroatoms. The molecule has 0 aliphatic carbocycles. The molecule has 0 saturated carbocycles. The molecule has 18 heavy (non-hydrogen) atoms. The van der Waals surface area contributed by atoms with E-state index >= 15 is 0 Å². The average Bonchev–Trinajstić information content (AvgIpc) is 2.28. The lowest BCUT2D eigenvalue weighted by Crippen LogP contribution is -2.23. The van der Waals surface area contributed by atoms with Gasteiger partial charge in [-0.15, -0.1) is 0 Å². The van der Waals surface area contributed by atoms with Gasteiger partial charge in [-0.1, -0.05) is 12.2 Å². The fourth-order valence-electron chi connectivity index (χ4n) is 1.27. The van der Waals surface area contributed by atoms with E-state index in [1.165, 1.54) is 17.0 Å². The van der Waals surface area contributed by atoms with Crippen molar-refractivity contribution in [1.29, 1.82) is 0 Å². The molecule has 0 unspecified atom stereocenters. The molecule has 4 nitrogen and oxygen atoms in total. The van der Waals surface area contributed by atoms with Crippen LogP contribution in [-0.2, 0) is 4.79 Å². The third-order valence-corrected chi connectivity index (χ3v) is 2.51. The second-order valence-corrected chi connectivity index (χ2v) is 4.33. The van der Waals surface area contributed by atoms with E-state index in [0.29, 0.717) is 5.75 Å². The number of amides is 1. The van der Waals surface area contributed by atoms with Gasteiger partial charge in [-0.25, -0.2) is 4.39 Å². The number of nitrogens with zero attached hydrogens (tertiary/aromatic N) is 1. The molecule has 0 fully saturated rings. The summed E-state index contributed by atoms with van der Waals surface area (Å²) in [6, 6.07) is 4.23. The minimum Gasteiger partial charge on any atom is -0.493 e. The maximum atomic E-state index is 13.5. The number of nitrogens with two attached hydrogens (primary N) is 1. The SMILES string of the molecule is CN(C)C(=O)CCOc1ccc(C(N)=S)c(F)c1. The van der Waals surface area contributed by atoms with Crippen LogP contribution in [0.25, 0.3) is 0 Å². The summed E-state index contributed by atoms with van der Waals surface area (Å²) in [5, 5.41) is 0. The molecule has 0 aliphatic heterocycles. The fraction of sp³-hybridized carbons (Fsp3) is 0.333. The predicted octanol–water partition coefficient (Wildman–Crippen LogP) is 1.32. The van der Waals surface area contributed by atoms with E-state index in [1.807, 2.05) is 0 Å². The van der Waals surface area contributed by atoms with Gasteiger partial charge in [-0.05, 0) is 12.1 Å². The second-order valence-electron chi connectivity index (χ2n) is 3.89. The summed E-state index contributed by atoms with van der Waals surface area (Å²) in [7, 11) is 3.33. The normalized spacial score (nSPS) is 9.94. The van der Waals surface area contributed by atoms with Gasteiger partial charge in [-0.3, -0.25) is 4.79 Å². The van der Waals surface area contributed by atoms with Gasteiger partial charge in [0.2, 0.25) is 5.91 Å². The van der Waals surface area contributed by atoms with Crippen molar-refractivity contribution in [2.75, 3.05) is 20.7 Å². The molecule has 1 amide bonds. The molecule has 0 bridgehead atoms. The zero-order valence-electron chi connectivity index (χ0n) is 10.3. The summed E-state index contributed by atoms with van der Waals surface area (Å²) >= 11 is 4.69. The molecule has 1 aromatic carbocycles. The first-order valence-corrected chi connectivity index (χ1v) is 5.75. The topological polar surface area (TPSA) is 55.6 Å². The molecule has 0 radical (unpaired) electrons. The number of benzene rings is 1. The lowest BCUT2D eigenvalue weighted by molar-refractivity contribution is -0.129. The lowest BCUT2D eigenvalue weighted by Gasteiger charge is -2.11. The first-order chi connectivity index (χ1) is 8.41. The van der Waals surface area contributed by atoms with Crippen molar-refractivity contribution in [3.63, 3.8) is 0 Å². The first-order valence-electron chi connectivity index (χ1n) is 5.34. The van der Waals surface area contributed by atoms with Crippen LogP contribution in [0.2, 0.25) is 0 Å². The van der Waals surface area contributed by atoms with Gasteiger partial charge in [0.1, 0.15) is 16.6 Å². The van der Waals surface area contributed by atoms with Crippen LogP contribution in [0, 0.1) is 5.82 Å². The number of ether oxygens (including phenoxy) is 1. The number of rotatable bonds is 5. The van der Waals surface area contributed by atoms with Crippen LogP contribution in [0.1, 0.15) is 12.0 Å². The Bertz CT molecular complexity index is 463. The number of hydrogen-bond donors (Lipinski definition) is 1. The largest absolute Gasteiger partial charge is 0.493 e. The first kappa shape index (κ1) is 14.4. The molecule has 0 heterocycles. The van der Waals surface area contributed by atoms with Gasteiger partial charge in [-0.2, -0.15) is 0 Å². The van der Waals surface area contributed by atoms with Crippen LogP contribution < -0.4 is 10.5 Å². The number of carbonyl (C=O) groups excluding carboxylic acids is 1. The molecule has 0 saturated heterocycles. The van der Waals surface area contributed by atoms with Crippen LogP contribution in [0.3, 0.4) is 0 Å². The van der Waals surface area contributed by atoms with E-state index in [-0.39, 0.29) is 29.5 Å². The van der Waals surface area contributed by atoms with Crippen LogP contribution in [0.5, 0.6) is 5.75 Å². The zero-order valence-corrected chi connectivity index (χ0v) is 11.1. The van der Waals surface area contributed by atoms with Gasteiger partial charge >= 0.3 is 0 Å². The third kappa shape index (κ3) is 3.96. The average molecular weight is 270 g/mol. The van der Waals surface area contributed by atoms with Crippen LogP contribution in [0.4, 0.5) is 4.39 Å². The Labute approximate surface area is 111 Å². The Morgan fingerprint density at radius 2 is 2.17 bits per heavy atom. The molecule has 1 rings (SSSR count). The van der Waals surface area contributed by atoms with Crippen molar-refractivity contribution < 1.29 is 13.9 Å². The number of halogens is 1. The van der Waals surface area contributed by atoms with Crippen LogP contribution in [0.15, 0.2) is 18.2 Å². The monoisotopic (exact) mass is 270 g/mol. The summed E-state index contributed by atoms with van der Waals surface area (Å²) in [6.07, 6.45) is 0.242. The quantitative estimate of drug-likeness (QED) is 0.820. The second kappa shape index (κ2) is 6.30. The minimum absolute atomic E-state index is 0.00170. The van der Waals surface area contributed by atoms with Crippen LogP contribution >= 0.6 is 12.2 Å². The highest BCUT2D eigenvalue weighted by Crippen LogP contribution is 2.16. The van der Waals surface area contributed by atoms with Crippen molar-refractivity contribution >= 4 is 23.1 Å². The van der Waals surface area contributed by atoms with Crippen molar-refractivity contribution in [1.82, 2.24) is 4.90 Å². The summed E-state index contributed by atoms with van der Waals surface area (Å²) in [5.74, 6) is -0.228. The van der Waals surface area contributed by atoms with E-state index in [1.54, 1.807) is 20.2 Å². The van der Waals surface area contributed by atoms with Crippen LogP contribution in [-0.4, -0.2) is 36.5 Å². The van der Waals surface area contributed by atoms with Gasteiger partial charge in [0, 0.05) is 25.7 Å². The van der Waals surface area contributed by atoms with Crippen molar-refractivity contribution in [2.24, 2.45) is 5.73 Å². The van der Waals surface area contributed by atoms with Crippen molar-refractivity contribution in [2.45, 2.75) is 6.42 Å². The number of carbonyl (C=O) groups is 1. The smallest absolute Gasteiger partial charge is 0.225 e. The number of hydrogen-bond acceptors (Lipinski definition) is 3. The standard InChI is InChI=1S/C12H15FN2O2S/c1-15(2)11(16)5-6-17-8-3-4-9(12(14)18)10(13)7-8/h3-4,7H,5-6H2,1-2H3,(H2,14,18). The Morgan fingerprint density at radius 1 is 1.50 bits per heavy atom. The summed E-state index contributed by atoms with van der Waals surface area (Å²) in [4.78, 5) is 12.8. The molecule has 0 aliphatic rings. The zero-order chi connectivity index (χ0) is 13.7. The highest BCUT2D eigenvalue weighted by molar-refractivity contribution is 7.80. The van der Waals surface area contributed by atoms with Gasteiger partial charge in [0.25, 0.3) is 0 Å². The molecular weight excluding hydrogens is 255 g/mol. The predicted molar refractivity (Wildman–Crippen MR) is 71.1 cm³/mol. The van der Waals surface area contributed by atoms with E-state index in [0.717, 1.165) is 0 Å². The van der Waals surface area contributed by atoms with E-state index in [4.69, 9.17) is 10.5 Å². The van der Waals surface area contributed by atoms with E-state index in [2.05, 4.69) is 12.2 Å². The molecular formula is C12H15FN2O2S. The minimum atomic E-state index is -0.529. The summed E-state index contributed by atoms with van der Waals surface area (Å²) in [5.41, 5.74) is 5.52. The maximum absolute atomic E-state index is 13.5. The maximum Gasteiger partial charge on any atom is 0.225 e. The molecule has 2 N–H and O–H groups in total. The van der Waals surface area contributed by atoms with E-state index < -0.39 is 5.82 Å². The highest BCUT2D eigenvalue weighted by Gasteiger charge is 2.08. The number of thiocarbonyl (C=S) groups is 1. The Hall–Kier alpha value is -1.69. The lowest BCUT2D eigenvalue weighted by atomic mass is 10.2. The van der Waals surface area contributed by atoms with E-state index in [9.17, 15) is 9.18 Å². The molecule has 0 spiro atoms. The third-order valence-electron chi connectivity index (χ3n) is 2.29. The van der Waals surface area contributed by atoms with Gasteiger partial charge < -0.3 is 15.4 Å². The Kier molecular flexibility index (Phi) is 5.03. The molecule has 98 valence electrons. The molecule has 0 aromatic heterocycles. The molecule has 0 atom stereocenters. The molecule has 1 aromatic rings. The van der Waals surface area contributed by atoms with Crippen molar-refractivity contribution in [3.8, 4) is 5.75 Å². The fourth-order valence-corrected chi connectivity index (χ4v) is 1.43. The van der Waals surface area contributed by atoms with Gasteiger partial charge in [0.05, 0.1) is 13.0 Å². The Balaban J connectivity index is 2.57. The summed E-state index contributed by atoms with van der Waals surface area (Å²) < 4.78 is 18.8.